The Labute approximate surface area is 111 Å². The van der Waals surface area contributed by atoms with E-state index < -0.39 is 0 Å². The van der Waals surface area contributed by atoms with Crippen LogP contribution in [0.3, 0.4) is 0 Å². The molecule has 1 aromatic carbocycles. The van der Waals surface area contributed by atoms with Crippen molar-refractivity contribution in [2.75, 3.05) is 20.1 Å². The number of benzene rings is 1. The maximum Gasteiger partial charge on any atom is 0.326 e. The lowest BCUT2D eigenvalue weighted by Crippen LogP contribution is -2.33. The molecule has 1 aliphatic rings. The maximum absolute atomic E-state index is 12.0. The van der Waals surface area contributed by atoms with E-state index in [4.69, 9.17) is 0 Å². The van der Waals surface area contributed by atoms with Crippen LogP contribution in [0, 0.1) is 5.92 Å². The van der Waals surface area contributed by atoms with E-state index in [1.165, 1.54) is 0 Å². The maximum atomic E-state index is 12.0. The molecule has 0 bridgehead atoms. The van der Waals surface area contributed by atoms with Crippen molar-refractivity contribution in [3.63, 3.8) is 0 Å². The molecule has 0 spiro atoms. The van der Waals surface area contributed by atoms with Crippen LogP contribution in [0.25, 0.3) is 11.0 Å². The second-order valence-corrected chi connectivity index (χ2v) is 5.49. The van der Waals surface area contributed by atoms with Crippen LogP contribution < -0.4 is 5.69 Å². The summed E-state index contributed by atoms with van der Waals surface area (Å²) < 4.78 is 1.80. The number of hydrogen-bond acceptors (Lipinski definition) is 3. The Morgan fingerprint density at radius 2 is 2.11 bits per heavy atom. The first kappa shape index (κ1) is 12.3. The molecule has 1 aliphatic heterocycles. The van der Waals surface area contributed by atoms with Crippen molar-refractivity contribution < 1.29 is 5.11 Å². The van der Waals surface area contributed by atoms with Crippen LogP contribution in [0.15, 0.2) is 23.0 Å². The van der Waals surface area contributed by atoms with Gasteiger partial charge < -0.3 is 15.0 Å². The standard InChI is InChI=1S/C14H19N3O2/c1-16-6-4-10(5-7-16)9-17-13-3-2-11(18)8-12(13)15-14(17)19/h2-3,8,10,18H,4-7,9H2,1H3,(H,15,19). The van der Waals surface area contributed by atoms with Crippen LogP contribution in [-0.4, -0.2) is 39.7 Å². The average molecular weight is 261 g/mol. The number of aromatic amines is 1. The molecule has 2 heterocycles. The highest BCUT2D eigenvalue weighted by Gasteiger charge is 2.19. The summed E-state index contributed by atoms with van der Waals surface area (Å²) in [5.74, 6) is 0.738. The summed E-state index contributed by atoms with van der Waals surface area (Å²) in [7, 11) is 2.14. The molecule has 1 aromatic heterocycles. The van der Waals surface area contributed by atoms with Gasteiger partial charge in [0.05, 0.1) is 11.0 Å². The summed E-state index contributed by atoms with van der Waals surface area (Å²) in [5, 5.41) is 9.44. The van der Waals surface area contributed by atoms with Gasteiger partial charge in [0.2, 0.25) is 0 Å². The molecule has 1 fully saturated rings. The fourth-order valence-electron chi connectivity index (χ4n) is 2.84. The summed E-state index contributed by atoms with van der Waals surface area (Å²) in [4.78, 5) is 17.1. The van der Waals surface area contributed by atoms with E-state index in [1.54, 1.807) is 22.8 Å². The van der Waals surface area contributed by atoms with Crippen LogP contribution in [0.5, 0.6) is 5.75 Å². The van der Waals surface area contributed by atoms with Gasteiger partial charge in [-0.2, -0.15) is 0 Å². The molecule has 2 aromatic rings. The van der Waals surface area contributed by atoms with Gasteiger partial charge in [-0.15, -0.1) is 0 Å². The smallest absolute Gasteiger partial charge is 0.326 e. The molecule has 1 saturated heterocycles. The Bertz CT molecular complexity index is 636. The first-order chi connectivity index (χ1) is 9.13. The molecule has 0 atom stereocenters. The molecule has 0 amide bonds. The number of piperidine rings is 1. The third-order valence-corrected chi connectivity index (χ3v) is 4.04. The number of rotatable bonds is 2. The third-order valence-electron chi connectivity index (χ3n) is 4.04. The summed E-state index contributed by atoms with van der Waals surface area (Å²) in [6, 6.07) is 5.03. The second kappa shape index (κ2) is 4.74. The number of H-pyrrole nitrogens is 1. The van der Waals surface area contributed by atoms with Gasteiger partial charge in [0.15, 0.2) is 0 Å². The lowest BCUT2D eigenvalue weighted by atomic mass is 9.97. The number of nitrogens with zero attached hydrogens (tertiary/aromatic N) is 2. The number of fused-ring (bicyclic) bond motifs is 1. The van der Waals surface area contributed by atoms with E-state index in [0.717, 1.165) is 38.0 Å². The molecule has 0 aliphatic carbocycles. The van der Waals surface area contributed by atoms with Gasteiger partial charge in [0.1, 0.15) is 5.75 Å². The predicted octanol–water partition coefficient (Wildman–Crippen LogP) is 1.38. The number of aromatic nitrogens is 2. The van der Waals surface area contributed by atoms with Crippen molar-refractivity contribution in [1.29, 1.82) is 0 Å². The normalized spacial score (nSPS) is 18.2. The van der Waals surface area contributed by atoms with Crippen molar-refractivity contribution >= 4 is 11.0 Å². The molecular weight excluding hydrogens is 242 g/mol. The van der Waals surface area contributed by atoms with Crippen molar-refractivity contribution in [3.05, 3.63) is 28.7 Å². The minimum absolute atomic E-state index is 0.0838. The third kappa shape index (κ3) is 2.38. The number of phenols is 1. The first-order valence-corrected chi connectivity index (χ1v) is 6.73. The van der Waals surface area contributed by atoms with Crippen LogP contribution in [0.4, 0.5) is 0 Å². The van der Waals surface area contributed by atoms with Crippen molar-refractivity contribution in [1.82, 2.24) is 14.5 Å². The monoisotopic (exact) mass is 261 g/mol. The van der Waals surface area contributed by atoms with Gasteiger partial charge in [-0.25, -0.2) is 4.79 Å². The topological polar surface area (TPSA) is 61.3 Å². The van der Waals surface area contributed by atoms with Crippen LogP contribution in [0.2, 0.25) is 0 Å². The Hall–Kier alpha value is -1.75. The Balaban J connectivity index is 1.88. The zero-order valence-corrected chi connectivity index (χ0v) is 11.1. The molecule has 102 valence electrons. The van der Waals surface area contributed by atoms with Gasteiger partial charge in [-0.05, 0) is 51.0 Å². The number of likely N-dealkylation sites (tertiary alicyclic amines) is 1. The Morgan fingerprint density at radius 3 is 2.84 bits per heavy atom. The molecule has 0 saturated carbocycles. The van der Waals surface area contributed by atoms with Crippen LogP contribution in [0.1, 0.15) is 12.8 Å². The summed E-state index contributed by atoms with van der Waals surface area (Å²) in [6.07, 6.45) is 2.27. The van der Waals surface area contributed by atoms with Crippen LogP contribution >= 0.6 is 0 Å². The van der Waals surface area contributed by atoms with E-state index in [2.05, 4.69) is 16.9 Å². The molecule has 5 heteroatoms. The fourth-order valence-corrected chi connectivity index (χ4v) is 2.84. The van der Waals surface area contributed by atoms with Crippen molar-refractivity contribution in [3.8, 4) is 5.75 Å². The molecule has 0 radical (unpaired) electrons. The van der Waals surface area contributed by atoms with Crippen LogP contribution in [-0.2, 0) is 6.54 Å². The number of phenolic OH excluding ortho intramolecular Hbond substituents is 1. The molecule has 2 N–H and O–H groups in total. The highest BCUT2D eigenvalue weighted by atomic mass is 16.3. The largest absolute Gasteiger partial charge is 0.508 e. The predicted molar refractivity (Wildman–Crippen MR) is 74.4 cm³/mol. The van der Waals surface area contributed by atoms with E-state index in [-0.39, 0.29) is 11.4 Å². The van der Waals surface area contributed by atoms with E-state index in [9.17, 15) is 9.90 Å². The average Bonchev–Trinajstić information content (AvgIpc) is 2.68. The van der Waals surface area contributed by atoms with Crippen molar-refractivity contribution in [2.24, 2.45) is 5.92 Å². The number of aromatic hydroxyl groups is 1. The van der Waals surface area contributed by atoms with Gasteiger partial charge in [0, 0.05) is 12.6 Å². The SMILES string of the molecule is CN1CCC(Cn2c(=O)[nH]c3cc(O)ccc32)CC1. The first-order valence-electron chi connectivity index (χ1n) is 6.73. The zero-order valence-electron chi connectivity index (χ0n) is 11.1. The van der Waals surface area contributed by atoms with Gasteiger partial charge in [-0.3, -0.25) is 4.57 Å². The summed E-state index contributed by atoms with van der Waals surface area (Å²) >= 11 is 0. The number of hydrogen-bond donors (Lipinski definition) is 2. The van der Waals surface area contributed by atoms with E-state index >= 15 is 0 Å². The number of nitrogens with one attached hydrogen (secondary N) is 1. The minimum Gasteiger partial charge on any atom is -0.508 e. The lowest BCUT2D eigenvalue weighted by Gasteiger charge is -2.28. The quantitative estimate of drug-likeness (QED) is 0.858. The minimum atomic E-state index is -0.0838. The molecule has 3 rings (SSSR count). The molecule has 19 heavy (non-hydrogen) atoms. The van der Waals surface area contributed by atoms with Gasteiger partial charge >= 0.3 is 5.69 Å². The van der Waals surface area contributed by atoms with E-state index in [1.807, 2.05) is 0 Å². The second-order valence-electron chi connectivity index (χ2n) is 5.49. The van der Waals surface area contributed by atoms with Gasteiger partial charge in [0.25, 0.3) is 0 Å². The zero-order chi connectivity index (χ0) is 13.4. The van der Waals surface area contributed by atoms with Crippen molar-refractivity contribution in [2.45, 2.75) is 19.4 Å². The van der Waals surface area contributed by atoms with Gasteiger partial charge in [-0.1, -0.05) is 0 Å². The summed E-state index contributed by atoms with van der Waals surface area (Å²) in [5.41, 5.74) is 1.50. The molecule has 5 nitrogen and oxygen atoms in total. The Kier molecular flexibility index (Phi) is 3.06. The highest BCUT2D eigenvalue weighted by Crippen LogP contribution is 2.21. The molecule has 0 unspecified atom stereocenters. The highest BCUT2D eigenvalue weighted by molar-refractivity contribution is 5.76. The molecular formula is C14H19N3O2. The fraction of sp³-hybridized carbons (Fsp3) is 0.500. The summed E-state index contributed by atoms with van der Waals surface area (Å²) in [6.45, 7) is 2.96. The van der Waals surface area contributed by atoms with E-state index in [0.29, 0.717) is 11.4 Å². The lowest BCUT2D eigenvalue weighted by molar-refractivity contribution is 0.205. The Morgan fingerprint density at radius 1 is 1.37 bits per heavy atom. The number of imidazole rings is 1.